The standard InChI is InChI=1S/C29H32F3N9O6/c1-3-21(42)24(27(43)44)41-23(37-4-6-39(41)7-5-37)13-17-12-20-26(38-8-10-47-11-9-38)35-25(36-40(20)16-17)18-15-33-22(34-28(45)46-2)14-19(18)29(30,31)32/h3,12,14-16,23-24H,1,4-11,13H2,2H3,(H,43,44)(H,33,34,45). The van der Waals surface area contributed by atoms with Crippen molar-refractivity contribution in [1.82, 2.24) is 34.5 Å². The Labute approximate surface area is 266 Å². The summed E-state index contributed by atoms with van der Waals surface area (Å²) in [5, 5.41) is 20.1. The van der Waals surface area contributed by atoms with Crippen LogP contribution in [-0.2, 0) is 31.7 Å². The Hall–Kier alpha value is -4.65. The number of ether oxygens (including phenoxy) is 2. The number of carboxylic acids is 1. The van der Waals surface area contributed by atoms with Crippen molar-refractivity contribution in [2.45, 2.75) is 24.8 Å². The largest absolute Gasteiger partial charge is 0.480 e. The van der Waals surface area contributed by atoms with Crippen LogP contribution in [0.5, 0.6) is 0 Å². The number of nitrogens with one attached hydrogen (secondary N) is 1. The van der Waals surface area contributed by atoms with E-state index in [-0.39, 0.29) is 18.1 Å². The molecule has 2 bridgehead atoms. The van der Waals surface area contributed by atoms with E-state index in [2.05, 4.69) is 36.6 Å². The third-order valence-electron chi connectivity index (χ3n) is 8.41. The topological polar surface area (TPSA) is 158 Å². The Morgan fingerprint density at radius 1 is 1.17 bits per heavy atom. The molecule has 0 saturated carbocycles. The molecule has 18 heteroatoms. The van der Waals surface area contributed by atoms with Gasteiger partial charge in [0.25, 0.3) is 0 Å². The molecule has 7 heterocycles. The first-order valence-corrected chi connectivity index (χ1v) is 14.8. The molecule has 47 heavy (non-hydrogen) atoms. The minimum Gasteiger partial charge on any atom is -0.480 e. The predicted molar refractivity (Wildman–Crippen MR) is 159 cm³/mol. The van der Waals surface area contributed by atoms with Gasteiger partial charge in [-0.1, -0.05) is 6.58 Å². The molecule has 0 spiro atoms. The molecule has 0 aromatic carbocycles. The van der Waals surface area contributed by atoms with Crippen LogP contribution < -0.4 is 10.2 Å². The molecule has 0 aliphatic carbocycles. The first kappa shape index (κ1) is 32.3. The van der Waals surface area contributed by atoms with Crippen LogP contribution in [0.4, 0.5) is 29.6 Å². The van der Waals surface area contributed by atoms with Crippen LogP contribution in [0.2, 0.25) is 0 Å². The zero-order valence-electron chi connectivity index (χ0n) is 25.3. The number of rotatable bonds is 9. The van der Waals surface area contributed by atoms with E-state index in [0.29, 0.717) is 75.4 Å². The maximum absolute atomic E-state index is 14.3. The maximum Gasteiger partial charge on any atom is 0.417 e. The molecular formula is C29H32F3N9O6. The van der Waals surface area contributed by atoms with E-state index in [0.717, 1.165) is 19.4 Å². The highest BCUT2D eigenvalue weighted by molar-refractivity contribution is 6.07. The second-order valence-electron chi connectivity index (χ2n) is 11.2. The fourth-order valence-corrected chi connectivity index (χ4v) is 6.20. The van der Waals surface area contributed by atoms with Gasteiger partial charge in [-0.05, 0) is 23.8 Å². The van der Waals surface area contributed by atoms with Gasteiger partial charge in [0, 0.05) is 58.1 Å². The van der Waals surface area contributed by atoms with E-state index < -0.39 is 47.4 Å². The molecule has 2 unspecified atom stereocenters. The number of amides is 1. The van der Waals surface area contributed by atoms with E-state index in [9.17, 15) is 32.7 Å². The summed E-state index contributed by atoms with van der Waals surface area (Å²) in [7, 11) is 1.08. The average molecular weight is 660 g/mol. The first-order chi connectivity index (χ1) is 22.5. The second kappa shape index (κ2) is 12.9. The molecule has 2 atom stereocenters. The number of carbonyl (C=O) groups excluding carboxylic acids is 2. The lowest BCUT2D eigenvalue weighted by Crippen LogP contribution is -2.73. The first-order valence-electron chi connectivity index (χ1n) is 14.8. The van der Waals surface area contributed by atoms with Crippen molar-refractivity contribution in [2.24, 2.45) is 0 Å². The highest BCUT2D eigenvalue weighted by Crippen LogP contribution is 2.38. The number of carboxylic acid groups (broad SMARTS) is 1. The number of fused-ring (bicyclic) bond motifs is 4. The summed E-state index contributed by atoms with van der Waals surface area (Å²) in [4.78, 5) is 49.2. The summed E-state index contributed by atoms with van der Waals surface area (Å²) in [6, 6.07) is 1.05. The molecule has 3 aromatic heterocycles. The van der Waals surface area contributed by atoms with Crippen LogP contribution in [0.1, 0.15) is 11.1 Å². The van der Waals surface area contributed by atoms with Gasteiger partial charge in [-0.15, -0.1) is 5.10 Å². The maximum atomic E-state index is 14.3. The smallest absolute Gasteiger partial charge is 0.417 e. The number of ketones is 1. The molecule has 15 nitrogen and oxygen atoms in total. The molecule has 3 aromatic rings. The number of aliphatic carboxylic acids is 1. The number of hydrazine groups is 1. The van der Waals surface area contributed by atoms with Gasteiger partial charge < -0.3 is 19.5 Å². The quantitative estimate of drug-likeness (QED) is 0.253. The number of aromatic nitrogens is 4. The second-order valence-corrected chi connectivity index (χ2v) is 11.2. The molecule has 4 aliphatic rings. The lowest BCUT2D eigenvalue weighted by molar-refractivity contribution is -0.217. The number of pyridine rings is 1. The fraction of sp³-hybridized carbons (Fsp3) is 0.448. The van der Waals surface area contributed by atoms with Crippen LogP contribution >= 0.6 is 0 Å². The number of anilines is 2. The van der Waals surface area contributed by atoms with Crippen molar-refractivity contribution < 1.29 is 42.1 Å². The number of hydrogen-bond acceptors (Lipinski definition) is 12. The number of carbonyl (C=O) groups is 3. The highest BCUT2D eigenvalue weighted by atomic mass is 19.4. The van der Waals surface area contributed by atoms with Gasteiger partial charge >= 0.3 is 18.2 Å². The molecule has 1 amide bonds. The number of methoxy groups -OCH3 is 1. The van der Waals surface area contributed by atoms with Gasteiger partial charge in [0.1, 0.15) is 11.3 Å². The zero-order chi connectivity index (χ0) is 33.5. The van der Waals surface area contributed by atoms with Crippen LogP contribution in [-0.4, -0.2) is 129 Å². The molecule has 4 saturated heterocycles. The minimum atomic E-state index is -4.85. The molecule has 4 fully saturated rings. The zero-order valence-corrected chi connectivity index (χ0v) is 25.3. The third kappa shape index (κ3) is 6.36. The van der Waals surface area contributed by atoms with Crippen molar-refractivity contribution in [3.05, 3.63) is 48.3 Å². The van der Waals surface area contributed by atoms with Crippen LogP contribution in [0.3, 0.4) is 0 Å². The van der Waals surface area contributed by atoms with Crippen molar-refractivity contribution in [1.29, 1.82) is 0 Å². The number of nitrogens with zero attached hydrogens (tertiary/aromatic N) is 8. The molecule has 2 N–H and O–H groups in total. The molecule has 4 aliphatic heterocycles. The Balaban J connectivity index is 1.43. The summed E-state index contributed by atoms with van der Waals surface area (Å²) in [5.41, 5.74) is -0.282. The highest BCUT2D eigenvalue weighted by Gasteiger charge is 2.47. The number of alkyl halides is 3. The number of hydrogen-bond donors (Lipinski definition) is 2. The van der Waals surface area contributed by atoms with E-state index in [1.807, 2.05) is 16.0 Å². The summed E-state index contributed by atoms with van der Waals surface area (Å²) < 4.78 is 54.4. The normalized spacial score (nSPS) is 22.2. The summed E-state index contributed by atoms with van der Waals surface area (Å²) in [6.45, 7) is 7.57. The number of morpholine rings is 1. The van der Waals surface area contributed by atoms with Gasteiger partial charge in [-0.2, -0.15) is 13.2 Å². The van der Waals surface area contributed by atoms with Gasteiger partial charge in [0.05, 0.1) is 37.6 Å². The van der Waals surface area contributed by atoms with E-state index in [4.69, 9.17) is 4.74 Å². The van der Waals surface area contributed by atoms with Crippen LogP contribution in [0.25, 0.3) is 16.9 Å². The number of halogens is 3. The van der Waals surface area contributed by atoms with Crippen molar-refractivity contribution in [2.75, 3.05) is 69.8 Å². The lowest BCUT2D eigenvalue weighted by Gasteiger charge is -2.56. The average Bonchev–Trinajstić information content (AvgIpc) is 3.47. The van der Waals surface area contributed by atoms with E-state index >= 15 is 0 Å². The molecule has 250 valence electrons. The van der Waals surface area contributed by atoms with Crippen LogP contribution in [0.15, 0.2) is 37.2 Å². The molecule has 7 rings (SSSR count). The fourth-order valence-electron chi connectivity index (χ4n) is 6.20. The van der Waals surface area contributed by atoms with Gasteiger partial charge in [0.15, 0.2) is 23.5 Å². The Morgan fingerprint density at radius 3 is 2.53 bits per heavy atom. The Bertz CT molecular complexity index is 1700. The van der Waals surface area contributed by atoms with E-state index in [1.54, 1.807) is 11.2 Å². The van der Waals surface area contributed by atoms with Gasteiger partial charge in [0.2, 0.25) is 0 Å². The summed E-state index contributed by atoms with van der Waals surface area (Å²) >= 11 is 0. The van der Waals surface area contributed by atoms with E-state index in [1.165, 1.54) is 4.52 Å². The SMILES string of the molecule is C=CC(=O)C(C(=O)O)N1C(Cc2cc3c(N4CCOCC4)nc(-c4cnc(NC(=O)OC)cc4C(F)(F)F)nn3c2)N2CCN1CC2. The monoisotopic (exact) mass is 659 g/mol. The minimum absolute atomic E-state index is 0.249. The van der Waals surface area contributed by atoms with Gasteiger partial charge in [-0.25, -0.2) is 34.1 Å². The Morgan fingerprint density at radius 2 is 1.89 bits per heavy atom. The summed E-state index contributed by atoms with van der Waals surface area (Å²) in [6.07, 6.45) is -2.41. The van der Waals surface area contributed by atoms with Gasteiger partial charge in [-0.3, -0.25) is 15.0 Å². The van der Waals surface area contributed by atoms with Crippen molar-refractivity contribution in [3.8, 4) is 11.4 Å². The summed E-state index contributed by atoms with van der Waals surface area (Å²) in [5.74, 6) is -2.16. The number of piperazine rings is 1. The molecular weight excluding hydrogens is 627 g/mol. The lowest BCUT2D eigenvalue weighted by atomic mass is 10.0. The van der Waals surface area contributed by atoms with Crippen LogP contribution in [0, 0.1) is 0 Å². The third-order valence-corrected chi connectivity index (χ3v) is 8.41. The van der Waals surface area contributed by atoms with Crippen molar-refractivity contribution in [3.63, 3.8) is 0 Å². The predicted octanol–water partition coefficient (Wildman–Crippen LogP) is 1.75. The van der Waals surface area contributed by atoms with Crippen molar-refractivity contribution >= 4 is 35.0 Å². The molecule has 0 radical (unpaired) electrons. The Kier molecular flexibility index (Phi) is 8.84.